The molecule has 1 heterocycles. The first-order valence-corrected chi connectivity index (χ1v) is 5.03. The minimum absolute atomic E-state index is 0.00647. The SMILES string of the molecule is Cc1cccc(-n2cncc2[C@@H](C)N)c1. The molecule has 1 aromatic carbocycles. The Morgan fingerprint density at radius 1 is 1.40 bits per heavy atom. The second-order valence-corrected chi connectivity index (χ2v) is 3.82. The van der Waals surface area contributed by atoms with Gasteiger partial charge in [0.25, 0.3) is 0 Å². The fraction of sp³-hybridized carbons (Fsp3) is 0.250. The number of nitrogens with zero attached hydrogens (tertiary/aromatic N) is 2. The van der Waals surface area contributed by atoms with E-state index in [0.29, 0.717) is 0 Å². The topological polar surface area (TPSA) is 43.8 Å². The van der Waals surface area contributed by atoms with Gasteiger partial charge >= 0.3 is 0 Å². The van der Waals surface area contributed by atoms with E-state index < -0.39 is 0 Å². The second-order valence-electron chi connectivity index (χ2n) is 3.82. The molecule has 3 heteroatoms. The molecule has 0 bridgehead atoms. The molecule has 0 spiro atoms. The number of rotatable bonds is 2. The van der Waals surface area contributed by atoms with Gasteiger partial charge in [0.15, 0.2) is 0 Å². The molecule has 3 nitrogen and oxygen atoms in total. The Labute approximate surface area is 89.6 Å². The molecule has 0 amide bonds. The minimum atomic E-state index is -0.00647. The second kappa shape index (κ2) is 3.87. The Balaban J connectivity index is 2.49. The standard InChI is InChI=1S/C12H15N3/c1-9-4-3-5-11(6-9)15-8-14-7-12(15)10(2)13/h3-8,10H,13H2,1-2H3/t10-/m1/s1. The van der Waals surface area contributed by atoms with E-state index in [1.807, 2.05) is 23.8 Å². The summed E-state index contributed by atoms with van der Waals surface area (Å²) in [6, 6.07) is 8.28. The van der Waals surface area contributed by atoms with Gasteiger partial charge in [0.05, 0.1) is 18.2 Å². The molecule has 1 atom stereocenters. The van der Waals surface area contributed by atoms with E-state index in [2.05, 4.69) is 30.1 Å². The summed E-state index contributed by atoms with van der Waals surface area (Å²) >= 11 is 0. The van der Waals surface area contributed by atoms with Crippen LogP contribution in [-0.2, 0) is 0 Å². The van der Waals surface area contributed by atoms with E-state index in [1.165, 1.54) is 5.56 Å². The number of imidazole rings is 1. The Kier molecular flexibility index (Phi) is 2.56. The van der Waals surface area contributed by atoms with Gasteiger partial charge in [-0.05, 0) is 31.5 Å². The summed E-state index contributed by atoms with van der Waals surface area (Å²) in [4.78, 5) is 4.13. The van der Waals surface area contributed by atoms with Crippen molar-refractivity contribution in [2.45, 2.75) is 19.9 Å². The molecule has 0 saturated heterocycles. The molecule has 1 aromatic heterocycles. The van der Waals surface area contributed by atoms with Crippen molar-refractivity contribution in [3.63, 3.8) is 0 Å². The molecular formula is C12H15N3. The van der Waals surface area contributed by atoms with Crippen molar-refractivity contribution in [3.05, 3.63) is 48.0 Å². The number of aryl methyl sites for hydroxylation is 1. The van der Waals surface area contributed by atoms with Crippen LogP contribution in [0.2, 0.25) is 0 Å². The fourth-order valence-electron chi connectivity index (χ4n) is 1.64. The maximum absolute atomic E-state index is 5.87. The quantitative estimate of drug-likeness (QED) is 0.809. The van der Waals surface area contributed by atoms with E-state index in [-0.39, 0.29) is 6.04 Å². The van der Waals surface area contributed by atoms with Crippen molar-refractivity contribution < 1.29 is 0 Å². The lowest BCUT2D eigenvalue weighted by atomic mass is 10.2. The van der Waals surface area contributed by atoms with Crippen LogP contribution in [0.5, 0.6) is 0 Å². The Bertz CT molecular complexity index is 457. The van der Waals surface area contributed by atoms with Crippen LogP contribution in [-0.4, -0.2) is 9.55 Å². The zero-order valence-corrected chi connectivity index (χ0v) is 9.01. The minimum Gasteiger partial charge on any atom is -0.323 e. The third-order valence-electron chi connectivity index (χ3n) is 2.41. The molecule has 0 saturated carbocycles. The van der Waals surface area contributed by atoms with Crippen molar-refractivity contribution >= 4 is 0 Å². The van der Waals surface area contributed by atoms with Crippen LogP contribution in [0.4, 0.5) is 0 Å². The zero-order valence-electron chi connectivity index (χ0n) is 9.01. The molecule has 0 aliphatic rings. The van der Waals surface area contributed by atoms with Crippen molar-refractivity contribution in [2.24, 2.45) is 5.73 Å². The lowest BCUT2D eigenvalue weighted by Crippen LogP contribution is -2.10. The molecule has 2 N–H and O–H groups in total. The molecule has 0 unspecified atom stereocenters. The average molecular weight is 201 g/mol. The summed E-state index contributed by atoms with van der Waals surface area (Å²) in [6.07, 6.45) is 3.61. The van der Waals surface area contributed by atoms with Crippen molar-refractivity contribution in [1.29, 1.82) is 0 Å². The third kappa shape index (κ3) is 1.92. The highest BCUT2D eigenvalue weighted by Gasteiger charge is 2.07. The highest BCUT2D eigenvalue weighted by atomic mass is 15.1. The number of benzene rings is 1. The predicted octanol–water partition coefficient (Wildman–Crippen LogP) is 2.20. The number of nitrogens with two attached hydrogens (primary N) is 1. The molecule has 0 radical (unpaired) electrons. The van der Waals surface area contributed by atoms with Crippen LogP contribution in [0.1, 0.15) is 24.2 Å². The smallest absolute Gasteiger partial charge is 0.0994 e. The van der Waals surface area contributed by atoms with Crippen molar-refractivity contribution in [3.8, 4) is 5.69 Å². The van der Waals surface area contributed by atoms with Crippen molar-refractivity contribution in [2.75, 3.05) is 0 Å². The van der Waals surface area contributed by atoms with Gasteiger partial charge < -0.3 is 10.3 Å². The van der Waals surface area contributed by atoms with Gasteiger partial charge in [-0.2, -0.15) is 0 Å². The van der Waals surface area contributed by atoms with E-state index in [4.69, 9.17) is 5.73 Å². The summed E-state index contributed by atoms with van der Waals surface area (Å²) < 4.78 is 2.03. The first kappa shape index (κ1) is 9.93. The van der Waals surface area contributed by atoms with E-state index in [9.17, 15) is 0 Å². The van der Waals surface area contributed by atoms with Crippen LogP contribution in [0.15, 0.2) is 36.8 Å². The molecule has 78 valence electrons. The number of hydrogen-bond donors (Lipinski definition) is 1. The molecule has 0 fully saturated rings. The maximum Gasteiger partial charge on any atom is 0.0994 e. The molecule has 2 aromatic rings. The lowest BCUT2D eigenvalue weighted by Gasteiger charge is -2.11. The monoisotopic (exact) mass is 201 g/mol. The summed E-state index contributed by atoms with van der Waals surface area (Å²) in [5, 5.41) is 0. The molecule has 0 aliphatic heterocycles. The Morgan fingerprint density at radius 3 is 2.87 bits per heavy atom. The Hall–Kier alpha value is -1.61. The summed E-state index contributed by atoms with van der Waals surface area (Å²) in [7, 11) is 0. The van der Waals surface area contributed by atoms with Crippen LogP contribution in [0.3, 0.4) is 0 Å². The van der Waals surface area contributed by atoms with Gasteiger partial charge in [0.2, 0.25) is 0 Å². The van der Waals surface area contributed by atoms with Crippen molar-refractivity contribution in [1.82, 2.24) is 9.55 Å². The Morgan fingerprint density at radius 2 is 2.20 bits per heavy atom. The summed E-state index contributed by atoms with van der Waals surface area (Å²) in [5.41, 5.74) is 9.25. The summed E-state index contributed by atoms with van der Waals surface area (Å²) in [6.45, 7) is 4.04. The number of aromatic nitrogens is 2. The molecular weight excluding hydrogens is 186 g/mol. The first-order chi connectivity index (χ1) is 7.18. The van der Waals surface area contributed by atoms with Gasteiger partial charge in [-0.3, -0.25) is 0 Å². The van der Waals surface area contributed by atoms with Gasteiger partial charge in [-0.1, -0.05) is 12.1 Å². The van der Waals surface area contributed by atoms with E-state index in [0.717, 1.165) is 11.4 Å². The van der Waals surface area contributed by atoms with Crippen LogP contribution in [0.25, 0.3) is 5.69 Å². The van der Waals surface area contributed by atoms with Crippen LogP contribution in [0, 0.1) is 6.92 Å². The fourth-order valence-corrected chi connectivity index (χ4v) is 1.64. The average Bonchev–Trinajstić information content (AvgIpc) is 2.65. The molecule has 2 rings (SSSR count). The van der Waals surface area contributed by atoms with Gasteiger partial charge in [-0.15, -0.1) is 0 Å². The molecule has 0 aliphatic carbocycles. The van der Waals surface area contributed by atoms with Crippen LogP contribution < -0.4 is 5.73 Å². The lowest BCUT2D eigenvalue weighted by molar-refractivity contribution is 0.752. The zero-order chi connectivity index (χ0) is 10.8. The van der Waals surface area contributed by atoms with E-state index in [1.54, 1.807) is 6.33 Å². The van der Waals surface area contributed by atoms with Gasteiger partial charge in [0, 0.05) is 11.7 Å². The first-order valence-electron chi connectivity index (χ1n) is 5.03. The molecule has 15 heavy (non-hydrogen) atoms. The summed E-state index contributed by atoms with van der Waals surface area (Å²) in [5.74, 6) is 0. The largest absolute Gasteiger partial charge is 0.323 e. The third-order valence-corrected chi connectivity index (χ3v) is 2.41. The number of hydrogen-bond acceptors (Lipinski definition) is 2. The normalized spacial score (nSPS) is 12.7. The van der Waals surface area contributed by atoms with Crippen LogP contribution >= 0.6 is 0 Å². The van der Waals surface area contributed by atoms with Gasteiger partial charge in [-0.25, -0.2) is 4.98 Å². The predicted molar refractivity (Wildman–Crippen MR) is 60.9 cm³/mol. The van der Waals surface area contributed by atoms with Gasteiger partial charge in [0.1, 0.15) is 0 Å². The maximum atomic E-state index is 5.87. The van der Waals surface area contributed by atoms with E-state index >= 15 is 0 Å². The highest BCUT2D eigenvalue weighted by Crippen LogP contribution is 2.16. The highest BCUT2D eigenvalue weighted by molar-refractivity contribution is 5.37.